The Balaban J connectivity index is 1.82. The third kappa shape index (κ3) is 2.06. The van der Waals surface area contributed by atoms with Crippen molar-refractivity contribution in [3.05, 3.63) is 60.2 Å². The molecule has 0 saturated heterocycles. The second-order valence-corrected chi connectivity index (χ2v) is 4.48. The Hall–Kier alpha value is -1.38. The largest absolute Gasteiger partial charge is 0.370 e. The summed E-state index contributed by atoms with van der Waals surface area (Å²) in [6, 6.07) is 10.4. The van der Waals surface area contributed by atoms with Gasteiger partial charge in [-0.2, -0.15) is 0 Å². The zero-order chi connectivity index (χ0) is 11.6. The van der Waals surface area contributed by atoms with Crippen LogP contribution in [0.4, 0.5) is 0 Å². The molecule has 0 N–H and O–H groups in total. The van der Waals surface area contributed by atoms with Crippen molar-refractivity contribution in [2.24, 2.45) is 0 Å². The molecular formula is C15H16O2. The van der Waals surface area contributed by atoms with Crippen molar-refractivity contribution in [3.63, 3.8) is 0 Å². The summed E-state index contributed by atoms with van der Waals surface area (Å²) in [5.74, 6) is 0. The smallest absolute Gasteiger partial charge is 0.131 e. The van der Waals surface area contributed by atoms with Crippen LogP contribution >= 0.6 is 0 Å². The Morgan fingerprint density at radius 3 is 2.59 bits per heavy atom. The van der Waals surface area contributed by atoms with Crippen LogP contribution in [-0.4, -0.2) is 24.9 Å². The molecule has 0 bridgehead atoms. The van der Waals surface area contributed by atoms with Gasteiger partial charge in [-0.1, -0.05) is 42.5 Å². The molecule has 0 saturated carbocycles. The van der Waals surface area contributed by atoms with Gasteiger partial charge >= 0.3 is 0 Å². The molecule has 0 radical (unpaired) electrons. The lowest BCUT2D eigenvalue weighted by atomic mass is 9.89. The highest BCUT2D eigenvalue weighted by atomic mass is 16.6. The highest BCUT2D eigenvalue weighted by Gasteiger charge is 2.39. The summed E-state index contributed by atoms with van der Waals surface area (Å²) in [6.45, 7) is 1.36. The van der Waals surface area contributed by atoms with Crippen molar-refractivity contribution in [3.8, 4) is 0 Å². The van der Waals surface area contributed by atoms with E-state index in [4.69, 9.17) is 9.47 Å². The van der Waals surface area contributed by atoms with Gasteiger partial charge in [-0.3, -0.25) is 0 Å². The normalized spacial score (nSPS) is 31.2. The van der Waals surface area contributed by atoms with Crippen LogP contribution in [0.1, 0.15) is 5.56 Å². The maximum atomic E-state index is 5.86. The van der Waals surface area contributed by atoms with E-state index in [0.717, 1.165) is 6.42 Å². The van der Waals surface area contributed by atoms with Crippen molar-refractivity contribution in [2.75, 3.05) is 13.2 Å². The number of rotatable bonds is 2. The fraction of sp³-hybridized carbons (Fsp3) is 0.333. The lowest BCUT2D eigenvalue weighted by Crippen LogP contribution is -2.45. The Morgan fingerprint density at radius 2 is 1.82 bits per heavy atom. The summed E-state index contributed by atoms with van der Waals surface area (Å²) in [7, 11) is 0. The van der Waals surface area contributed by atoms with Gasteiger partial charge in [0.2, 0.25) is 0 Å². The molecule has 2 aliphatic rings. The maximum Gasteiger partial charge on any atom is 0.131 e. The number of ether oxygens (including phenoxy) is 2. The van der Waals surface area contributed by atoms with E-state index in [1.54, 1.807) is 0 Å². The molecule has 17 heavy (non-hydrogen) atoms. The summed E-state index contributed by atoms with van der Waals surface area (Å²) in [5.41, 5.74) is 0.949. The second kappa shape index (κ2) is 4.47. The SMILES string of the molecule is C1=C[C@]2(C=CCO2)[C@@H](Cc2ccccc2)OC1. The van der Waals surface area contributed by atoms with Crippen molar-refractivity contribution in [1.29, 1.82) is 0 Å². The van der Waals surface area contributed by atoms with Crippen molar-refractivity contribution in [1.82, 2.24) is 0 Å². The van der Waals surface area contributed by atoms with Gasteiger partial charge in [0.15, 0.2) is 0 Å². The van der Waals surface area contributed by atoms with Gasteiger partial charge in [-0.05, 0) is 17.7 Å². The Morgan fingerprint density at radius 1 is 1.06 bits per heavy atom. The zero-order valence-electron chi connectivity index (χ0n) is 9.71. The van der Waals surface area contributed by atoms with E-state index < -0.39 is 0 Å². The molecule has 1 aromatic rings. The molecule has 2 atom stereocenters. The highest BCUT2D eigenvalue weighted by Crippen LogP contribution is 2.31. The lowest BCUT2D eigenvalue weighted by Gasteiger charge is -2.35. The molecule has 0 fully saturated rings. The minimum absolute atomic E-state index is 0.0775. The first-order valence-electron chi connectivity index (χ1n) is 6.04. The Labute approximate surface area is 102 Å². The summed E-state index contributed by atoms with van der Waals surface area (Å²) in [6.07, 6.45) is 9.32. The molecule has 2 heteroatoms. The number of hydrogen-bond donors (Lipinski definition) is 0. The molecule has 1 spiro atoms. The molecule has 0 unspecified atom stereocenters. The molecular weight excluding hydrogens is 212 g/mol. The summed E-state index contributed by atoms with van der Waals surface area (Å²) < 4.78 is 11.7. The van der Waals surface area contributed by atoms with Gasteiger partial charge in [0.1, 0.15) is 5.60 Å². The number of benzene rings is 1. The van der Waals surface area contributed by atoms with Crippen molar-refractivity contribution < 1.29 is 9.47 Å². The zero-order valence-corrected chi connectivity index (χ0v) is 9.71. The first-order chi connectivity index (χ1) is 8.39. The molecule has 2 heterocycles. The average Bonchev–Trinajstić information content (AvgIpc) is 2.83. The molecule has 2 nitrogen and oxygen atoms in total. The monoisotopic (exact) mass is 228 g/mol. The lowest BCUT2D eigenvalue weighted by molar-refractivity contribution is -0.0787. The van der Waals surface area contributed by atoms with E-state index >= 15 is 0 Å². The molecule has 88 valence electrons. The molecule has 0 aliphatic carbocycles. The summed E-state index contributed by atoms with van der Waals surface area (Å²) >= 11 is 0. The van der Waals surface area contributed by atoms with Gasteiger partial charge in [0.25, 0.3) is 0 Å². The molecule has 0 amide bonds. The first-order valence-corrected chi connectivity index (χ1v) is 6.04. The van der Waals surface area contributed by atoms with Crippen molar-refractivity contribution >= 4 is 0 Å². The molecule has 3 rings (SSSR count). The Kier molecular flexibility index (Phi) is 2.83. The predicted octanol–water partition coefficient (Wildman–Crippen LogP) is 2.51. The van der Waals surface area contributed by atoms with Crippen LogP contribution in [0, 0.1) is 0 Å². The highest BCUT2D eigenvalue weighted by molar-refractivity contribution is 5.27. The minimum Gasteiger partial charge on any atom is -0.370 e. The third-order valence-corrected chi connectivity index (χ3v) is 3.35. The minimum atomic E-state index is -0.339. The quantitative estimate of drug-likeness (QED) is 0.724. The van der Waals surface area contributed by atoms with Gasteiger partial charge in [0.05, 0.1) is 19.3 Å². The summed E-state index contributed by atoms with van der Waals surface area (Å²) in [4.78, 5) is 0. The molecule has 0 aromatic heterocycles. The molecule has 2 aliphatic heterocycles. The second-order valence-electron chi connectivity index (χ2n) is 4.48. The van der Waals surface area contributed by atoms with Gasteiger partial charge in [-0.15, -0.1) is 0 Å². The first kappa shape index (κ1) is 10.8. The van der Waals surface area contributed by atoms with Crippen molar-refractivity contribution in [2.45, 2.75) is 18.1 Å². The standard InChI is InChI=1S/C15H16O2/c1-2-6-13(7-3-1)12-14-15(8-4-10-16-14)9-5-11-17-15/h1-9,14H,10-12H2/t14-,15+/m1/s1. The van der Waals surface area contributed by atoms with E-state index in [9.17, 15) is 0 Å². The number of hydrogen-bond acceptors (Lipinski definition) is 2. The van der Waals surface area contributed by atoms with Crippen LogP contribution in [0.5, 0.6) is 0 Å². The Bertz CT molecular complexity index is 435. The van der Waals surface area contributed by atoms with Gasteiger partial charge in [-0.25, -0.2) is 0 Å². The summed E-state index contributed by atoms with van der Waals surface area (Å²) in [5, 5.41) is 0. The maximum absolute atomic E-state index is 5.86. The van der Waals surface area contributed by atoms with Crippen LogP contribution in [0.25, 0.3) is 0 Å². The van der Waals surface area contributed by atoms with Crippen LogP contribution in [-0.2, 0) is 15.9 Å². The average molecular weight is 228 g/mol. The predicted molar refractivity (Wildman–Crippen MR) is 66.8 cm³/mol. The van der Waals surface area contributed by atoms with E-state index in [-0.39, 0.29) is 11.7 Å². The van der Waals surface area contributed by atoms with E-state index in [1.807, 2.05) is 12.1 Å². The van der Waals surface area contributed by atoms with Crippen LogP contribution in [0.15, 0.2) is 54.6 Å². The van der Waals surface area contributed by atoms with E-state index in [1.165, 1.54) is 5.56 Å². The fourth-order valence-corrected chi connectivity index (χ4v) is 2.47. The third-order valence-electron chi connectivity index (χ3n) is 3.35. The van der Waals surface area contributed by atoms with Gasteiger partial charge < -0.3 is 9.47 Å². The fourth-order valence-electron chi connectivity index (χ4n) is 2.47. The van der Waals surface area contributed by atoms with Crippen LogP contribution < -0.4 is 0 Å². The van der Waals surface area contributed by atoms with E-state index in [0.29, 0.717) is 13.2 Å². The van der Waals surface area contributed by atoms with Gasteiger partial charge in [0, 0.05) is 6.42 Å². The van der Waals surface area contributed by atoms with E-state index in [2.05, 4.69) is 42.5 Å². The molecule has 1 aromatic carbocycles. The van der Waals surface area contributed by atoms with Crippen LogP contribution in [0.3, 0.4) is 0 Å². The van der Waals surface area contributed by atoms with Crippen LogP contribution in [0.2, 0.25) is 0 Å². The topological polar surface area (TPSA) is 18.5 Å².